The van der Waals surface area contributed by atoms with Gasteiger partial charge in [-0.3, -0.25) is 4.98 Å². The van der Waals surface area contributed by atoms with Crippen LogP contribution in [0.5, 0.6) is 0 Å². The monoisotopic (exact) mass is 302 g/mol. The van der Waals surface area contributed by atoms with Crippen LogP contribution in [0.1, 0.15) is 48.5 Å². The molecule has 1 aromatic heterocycles. The summed E-state index contributed by atoms with van der Waals surface area (Å²) in [6, 6.07) is 3.18. The smallest absolute Gasteiger partial charge is 0.342 e. The van der Waals surface area contributed by atoms with E-state index in [4.69, 9.17) is 4.74 Å². The molecule has 116 valence electrons. The summed E-state index contributed by atoms with van der Waals surface area (Å²) in [4.78, 5) is 16.4. The SMILES string of the molecule is CNc1c(C(=O)OC2CC2)cnc2cc(F)c(C(C)C)cc12. The number of aromatic nitrogens is 1. The number of anilines is 1. The Morgan fingerprint density at radius 2 is 2.14 bits per heavy atom. The summed E-state index contributed by atoms with van der Waals surface area (Å²) in [5.74, 6) is -0.599. The van der Waals surface area contributed by atoms with Gasteiger partial charge < -0.3 is 10.1 Å². The Hall–Kier alpha value is -2.17. The Labute approximate surface area is 128 Å². The van der Waals surface area contributed by atoms with Crippen LogP contribution in [-0.4, -0.2) is 24.1 Å². The number of hydrogen-bond donors (Lipinski definition) is 1. The normalized spacial score (nSPS) is 14.4. The van der Waals surface area contributed by atoms with E-state index in [2.05, 4.69) is 10.3 Å². The van der Waals surface area contributed by atoms with E-state index < -0.39 is 0 Å². The van der Waals surface area contributed by atoms with Crippen molar-refractivity contribution in [1.82, 2.24) is 4.98 Å². The molecule has 0 amide bonds. The maximum absolute atomic E-state index is 14.1. The summed E-state index contributed by atoms with van der Waals surface area (Å²) in [6.45, 7) is 3.86. The van der Waals surface area contributed by atoms with Crippen LogP contribution >= 0.6 is 0 Å². The molecule has 1 fully saturated rings. The molecule has 0 spiro atoms. The Morgan fingerprint density at radius 3 is 2.73 bits per heavy atom. The zero-order chi connectivity index (χ0) is 15.9. The van der Waals surface area contributed by atoms with Gasteiger partial charge in [0.25, 0.3) is 0 Å². The number of pyridine rings is 1. The van der Waals surface area contributed by atoms with Gasteiger partial charge in [-0.25, -0.2) is 9.18 Å². The summed E-state index contributed by atoms with van der Waals surface area (Å²) in [6.07, 6.45) is 3.33. The van der Waals surface area contributed by atoms with Crippen molar-refractivity contribution in [2.24, 2.45) is 0 Å². The summed E-state index contributed by atoms with van der Waals surface area (Å²) >= 11 is 0. The molecular formula is C17H19FN2O2. The molecule has 1 N–H and O–H groups in total. The van der Waals surface area contributed by atoms with E-state index in [0.717, 1.165) is 18.2 Å². The third kappa shape index (κ3) is 2.63. The first-order valence-electron chi connectivity index (χ1n) is 7.52. The first-order chi connectivity index (χ1) is 10.5. The standard InChI is InChI=1S/C17H19FN2O2/c1-9(2)11-6-12-15(7-14(11)18)20-8-13(16(12)19-3)17(21)22-10-4-5-10/h6-10H,4-5H2,1-3H3,(H,19,20). The highest BCUT2D eigenvalue weighted by atomic mass is 19.1. The molecule has 1 aromatic carbocycles. The molecule has 1 aliphatic carbocycles. The lowest BCUT2D eigenvalue weighted by atomic mass is 9.98. The van der Waals surface area contributed by atoms with Gasteiger partial charge in [-0.2, -0.15) is 0 Å². The van der Waals surface area contributed by atoms with Crippen LogP contribution in [0.15, 0.2) is 18.3 Å². The molecule has 1 heterocycles. The Balaban J connectivity index is 2.14. The van der Waals surface area contributed by atoms with Crippen molar-refractivity contribution in [2.45, 2.75) is 38.7 Å². The quantitative estimate of drug-likeness (QED) is 0.871. The van der Waals surface area contributed by atoms with Gasteiger partial charge in [0.15, 0.2) is 0 Å². The minimum Gasteiger partial charge on any atom is -0.459 e. The number of halogens is 1. The highest BCUT2D eigenvalue weighted by molar-refractivity contribution is 6.05. The molecule has 0 saturated heterocycles. The van der Waals surface area contributed by atoms with Crippen molar-refractivity contribution in [1.29, 1.82) is 0 Å². The lowest BCUT2D eigenvalue weighted by Gasteiger charge is -2.14. The second kappa shape index (κ2) is 5.55. The molecule has 1 saturated carbocycles. The summed E-state index contributed by atoms with van der Waals surface area (Å²) in [5, 5.41) is 3.77. The van der Waals surface area contributed by atoms with Crippen molar-refractivity contribution >= 4 is 22.6 Å². The number of carbonyl (C=O) groups is 1. The van der Waals surface area contributed by atoms with Crippen molar-refractivity contribution in [3.63, 3.8) is 0 Å². The third-order valence-corrected chi connectivity index (χ3v) is 3.88. The van der Waals surface area contributed by atoms with Gasteiger partial charge in [0.2, 0.25) is 0 Å². The lowest BCUT2D eigenvalue weighted by molar-refractivity contribution is 0.0473. The van der Waals surface area contributed by atoms with E-state index in [0.29, 0.717) is 22.3 Å². The third-order valence-electron chi connectivity index (χ3n) is 3.88. The van der Waals surface area contributed by atoms with Gasteiger partial charge in [-0.1, -0.05) is 13.8 Å². The van der Waals surface area contributed by atoms with E-state index in [1.54, 1.807) is 13.1 Å². The Morgan fingerprint density at radius 1 is 1.41 bits per heavy atom. The molecule has 4 nitrogen and oxygen atoms in total. The van der Waals surface area contributed by atoms with Crippen molar-refractivity contribution in [3.05, 3.63) is 35.3 Å². The van der Waals surface area contributed by atoms with Gasteiger partial charge in [-0.15, -0.1) is 0 Å². The van der Waals surface area contributed by atoms with Crippen LogP contribution < -0.4 is 5.32 Å². The second-order valence-electron chi connectivity index (χ2n) is 5.95. The van der Waals surface area contributed by atoms with Gasteiger partial charge in [-0.05, 0) is 30.4 Å². The van der Waals surface area contributed by atoms with Crippen LogP contribution in [0, 0.1) is 5.82 Å². The second-order valence-corrected chi connectivity index (χ2v) is 5.95. The largest absolute Gasteiger partial charge is 0.459 e. The Kier molecular flexibility index (Phi) is 3.72. The zero-order valence-corrected chi connectivity index (χ0v) is 12.9. The number of ether oxygens (including phenoxy) is 1. The molecule has 2 aromatic rings. The van der Waals surface area contributed by atoms with Crippen LogP contribution in [0.4, 0.5) is 10.1 Å². The van der Waals surface area contributed by atoms with E-state index >= 15 is 0 Å². The number of rotatable bonds is 4. The minimum atomic E-state index is -0.378. The van der Waals surface area contributed by atoms with Gasteiger partial charge in [0, 0.05) is 24.7 Å². The number of nitrogens with zero attached hydrogens (tertiary/aromatic N) is 1. The highest BCUT2D eigenvalue weighted by Gasteiger charge is 2.28. The van der Waals surface area contributed by atoms with E-state index in [-0.39, 0.29) is 23.8 Å². The highest BCUT2D eigenvalue weighted by Crippen LogP contribution is 2.32. The number of esters is 1. The lowest BCUT2D eigenvalue weighted by Crippen LogP contribution is -2.11. The predicted molar refractivity (Wildman–Crippen MR) is 83.8 cm³/mol. The van der Waals surface area contributed by atoms with Crippen molar-refractivity contribution < 1.29 is 13.9 Å². The number of carbonyl (C=O) groups excluding carboxylic acids is 1. The van der Waals surface area contributed by atoms with Gasteiger partial charge >= 0.3 is 5.97 Å². The number of hydrogen-bond acceptors (Lipinski definition) is 4. The number of nitrogens with one attached hydrogen (secondary N) is 1. The van der Waals surface area contributed by atoms with Crippen LogP contribution in [0.2, 0.25) is 0 Å². The summed E-state index contributed by atoms with van der Waals surface area (Å²) in [7, 11) is 1.74. The van der Waals surface area contributed by atoms with Crippen LogP contribution in [-0.2, 0) is 4.74 Å². The summed E-state index contributed by atoms with van der Waals surface area (Å²) < 4.78 is 19.4. The minimum absolute atomic E-state index is 0.0346. The van der Waals surface area contributed by atoms with Gasteiger partial charge in [0.05, 0.1) is 11.2 Å². The van der Waals surface area contributed by atoms with E-state index in [1.807, 2.05) is 13.8 Å². The molecule has 1 aliphatic rings. The molecule has 0 unspecified atom stereocenters. The molecule has 3 rings (SSSR count). The number of fused-ring (bicyclic) bond motifs is 1. The molecule has 0 radical (unpaired) electrons. The maximum Gasteiger partial charge on any atom is 0.342 e. The first-order valence-corrected chi connectivity index (χ1v) is 7.52. The molecule has 0 aliphatic heterocycles. The topological polar surface area (TPSA) is 51.2 Å². The van der Waals surface area contributed by atoms with E-state index in [9.17, 15) is 9.18 Å². The molecule has 0 bridgehead atoms. The predicted octanol–water partition coefficient (Wildman–Crippen LogP) is 3.86. The maximum atomic E-state index is 14.1. The molecule has 5 heteroatoms. The Bertz CT molecular complexity index is 739. The first kappa shape index (κ1) is 14.8. The molecule has 0 atom stereocenters. The fraction of sp³-hybridized carbons (Fsp3) is 0.412. The molecule has 22 heavy (non-hydrogen) atoms. The van der Waals surface area contributed by atoms with Gasteiger partial charge in [0.1, 0.15) is 17.5 Å². The average Bonchev–Trinajstić information content (AvgIpc) is 3.28. The van der Waals surface area contributed by atoms with Crippen LogP contribution in [0.25, 0.3) is 10.9 Å². The zero-order valence-electron chi connectivity index (χ0n) is 12.9. The van der Waals surface area contributed by atoms with Crippen molar-refractivity contribution in [3.8, 4) is 0 Å². The fourth-order valence-electron chi connectivity index (χ4n) is 2.50. The van der Waals surface area contributed by atoms with Crippen LogP contribution in [0.3, 0.4) is 0 Å². The fourth-order valence-corrected chi connectivity index (χ4v) is 2.50. The number of benzene rings is 1. The molecular weight excluding hydrogens is 283 g/mol. The van der Waals surface area contributed by atoms with Crippen molar-refractivity contribution in [2.75, 3.05) is 12.4 Å². The summed E-state index contributed by atoms with van der Waals surface area (Å²) in [5.41, 5.74) is 2.16. The van der Waals surface area contributed by atoms with E-state index in [1.165, 1.54) is 12.3 Å². The average molecular weight is 302 g/mol.